The van der Waals surface area contributed by atoms with Gasteiger partial charge >= 0.3 is 6.18 Å². The van der Waals surface area contributed by atoms with Crippen LogP contribution in [-0.4, -0.2) is 37.3 Å². The molecule has 0 aliphatic rings. The average molecular weight is 274 g/mol. The molecule has 0 amide bonds. The lowest BCUT2D eigenvalue weighted by atomic mass is 10.1. The highest BCUT2D eigenvalue weighted by atomic mass is 19.4. The standard InChI is InChI=1S/C12H22F4O2/c13-11(9-17)7-5-3-1-2-4-6-8-18-10-12(14,15)16/h11,17H,1-10H2. The van der Waals surface area contributed by atoms with Crippen LogP contribution >= 0.6 is 0 Å². The molecular weight excluding hydrogens is 252 g/mol. The predicted octanol–water partition coefficient (Wildman–Crippen LogP) is 3.63. The minimum absolute atomic E-state index is 0.135. The molecule has 0 aliphatic carbocycles. The largest absolute Gasteiger partial charge is 0.411 e. The van der Waals surface area contributed by atoms with Gasteiger partial charge in [0.05, 0.1) is 6.61 Å². The van der Waals surface area contributed by atoms with Crippen LogP contribution in [0.15, 0.2) is 0 Å². The van der Waals surface area contributed by atoms with Crippen molar-refractivity contribution in [2.24, 2.45) is 0 Å². The van der Waals surface area contributed by atoms with Crippen molar-refractivity contribution in [3.8, 4) is 0 Å². The van der Waals surface area contributed by atoms with E-state index < -0.39 is 25.6 Å². The van der Waals surface area contributed by atoms with Crippen LogP contribution in [0.1, 0.15) is 44.9 Å². The number of aliphatic hydroxyl groups excluding tert-OH is 1. The maximum atomic E-state index is 12.6. The van der Waals surface area contributed by atoms with Crippen molar-refractivity contribution in [1.82, 2.24) is 0 Å². The molecule has 0 aromatic rings. The van der Waals surface area contributed by atoms with Gasteiger partial charge in [0.25, 0.3) is 0 Å². The van der Waals surface area contributed by atoms with Crippen molar-refractivity contribution >= 4 is 0 Å². The monoisotopic (exact) mass is 274 g/mol. The zero-order valence-corrected chi connectivity index (χ0v) is 10.5. The predicted molar refractivity (Wildman–Crippen MR) is 61.2 cm³/mol. The average Bonchev–Trinajstić information content (AvgIpc) is 2.29. The molecule has 0 spiro atoms. The zero-order valence-electron chi connectivity index (χ0n) is 10.5. The summed E-state index contributed by atoms with van der Waals surface area (Å²) < 4.78 is 52.1. The van der Waals surface area contributed by atoms with Gasteiger partial charge in [0.2, 0.25) is 0 Å². The number of aliphatic hydroxyl groups is 1. The normalized spacial score (nSPS) is 13.8. The van der Waals surface area contributed by atoms with Gasteiger partial charge in [-0.3, -0.25) is 0 Å². The topological polar surface area (TPSA) is 29.5 Å². The van der Waals surface area contributed by atoms with Gasteiger partial charge < -0.3 is 9.84 Å². The number of hydrogen-bond donors (Lipinski definition) is 1. The zero-order chi connectivity index (χ0) is 13.9. The Hall–Kier alpha value is -0.360. The summed E-state index contributed by atoms with van der Waals surface area (Å²) in [5, 5.41) is 8.45. The van der Waals surface area contributed by atoms with Gasteiger partial charge in [-0.05, 0) is 12.8 Å². The Balaban J connectivity index is 3.08. The first-order valence-electron chi connectivity index (χ1n) is 6.35. The molecular formula is C12H22F4O2. The van der Waals surface area contributed by atoms with Gasteiger partial charge in [-0.25, -0.2) is 4.39 Å². The summed E-state index contributed by atoms with van der Waals surface area (Å²) >= 11 is 0. The van der Waals surface area contributed by atoms with Crippen molar-refractivity contribution in [2.45, 2.75) is 57.3 Å². The third-order valence-corrected chi connectivity index (χ3v) is 2.52. The number of hydrogen-bond acceptors (Lipinski definition) is 2. The fourth-order valence-electron chi connectivity index (χ4n) is 1.56. The van der Waals surface area contributed by atoms with E-state index in [0.29, 0.717) is 12.8 Å². The minimum Gasteiger partial charge on any atom is -0.393 e. The second-order valence-corrected chi connectivity index (χ2v) is 4.36. The SMILES string of the molecule is OCC(F)CCCCCCCCOCC(F)(F)F. The van der Waals surface area contributed by atoms with Gasteiger partial charge in [-0.1, -0.05) is 32.1 Å². The highest BCUT2D eigenvalue weighted by Gasteiger charge is 2.27. The number of ether oxygens (including phenoxy) is 1. The summed E-state index contributed by atoms with van der Waals surface area (Å²) in [6, 6.07) is 0. The van der Waals surface area contributed by atoms with E-state index in [1.165, 1.54) is 0 Å². The first-order chi connectivity index (χ1) is 8.45. The van der Waals surface area contributed by atoms with Crippen LogP contribution < -0.4 is 0 Å². The van der Waals surface area contributed by atoms with Gasteiger partial charge in [-0.15, -0.1) is 0 Å². The van der Waals surface area contributed by atoms with Crippen molar-refractivity contribution in [1.29, 1.82) is 0 Å². The lowest BCUT2D eigenvalue weighted by Crippen LogP contribution is -2.17. The highest BCUT2D eigenvalue weighted by molar-refractivity contribution is 4.54. The molecule has 0 fully saturated rings. The van der Waals surface area contributed by atoms with Crippen LogP contribution in [0.4, 0.5) is 17.6 Å². The summed E-state index contributed by atoms with van der Waals surface area (Å²) in [7, 11) is 0. The molecule has 0 bridgehead atoms. The van der Waals surface area contributed by atoms with Crippen LogP contribution in [-0.2, 0) is 4.74 Å². The molecule has 1 atom stereocenters. The molecule has 0 aromatic carbocycles. The molecule has 0 saturated carbocycles. The minimum atomic E-state index is -4.24. The van der Waals surface area contributed by atoms with Gasteiger partial charge in [0, 0.05) is 6.61 Å². The molecule has 18 heavy (non-hydrogen) atoms. The fraction of sp³-hybridized carbons (Fsp3) is 1.00. The quantitative estimate of drug-likeness (QED) is 0.460. The van der Waals surface area contributed by atoms with E-state index in [-0.39, 0.29) is 6.61 Å². The maximum Gasteiger partial charge on any atom is 0.411 e. The summed E-state index contributed by atoms with van der Waals surface area (Å²) in [5.74, 6) is 0. The Bertz CT molecular complexity index is 185. The van der Waals surface area contributed by atoms with Crippen molar-refractivity contribution < 1.29 is 27.4 Å². The van der Waals surface area contributed by atoms with Crippen LogP contribution in [0.5, 0.6) is 0 Å². The van der Waals surface area contributed by atoms with Crippen LogP contribution in [0.25, 0.3) is 0 Å². The molecule has 0 heterocycles. The van der Waals surface area contributed by atoms with E-state index in [1.807, 2.05) is 0 Å². The highest BCUT2D eigenvalue weighted by Crippen LogP contribution is 2.15. The maximum absolute atomic E-state index is 12.6. The third kappa shape index (κ3) is 13.7. The first kappa shape index (κ1) is 17.6. The van der Waals surface area contributed by atoms with E-state index in [2.05, 4.69) is 4.74 Å². The van der Waals surface area contributed by atoms with E-state index in [0.717, 1.165) is 32.1 Å². The van der Waals surface area contributed by atoms with E-state index in [4.69, 9.17) is 5.11 Å². The Morgan fingerprint density at radius 1 is 0.944 bits per heavy atom. The summed E-state index contributed by atoms with van der Waals surface area (Å²) in [6.45, 7) is -1.46. The first-order valence-corrected chi connectivity index (χ1v) is 6.35. The Morgan fingerprint density at radius 3 is 2.06 bits per heavy atom. The van der Waals surface area contributed by atoms with Crippen LogP contribution in [0, 0.1) is 0 Å². The molecule has 0 rings (SSSR count). The Labute approximate surface area is 105 Å². The van der Waals surface area contributed by atoms with Gasteiger partial charge in [-0.2, -0.15) is 13.2 Å². The van der Waals surface area contributed by atoms with Crippen molar-refractivity contribution in [2.75, 3.05) is 19.8 Å². The lowest BCUT2D eigenvalue weighted by molar-refractivity contribution is -0.174. The van der Waals surface area contributed by atoms with Crippen molar-refractivity contribution in [3.63, 3.8) is 0 Å². The van der Waals surface area contributed by atoms with E-state index in [1.54, 1.807) is 0 Å². The Kier molecular flexibility index (Phi) is 10.3. The molecule has 1 unspecified atom stereocenters. The van der Waals surface area contributed by atoms with E-state index >= 15 is 0 Å². The van der Waals surface area contributed by atoms with E-state index in [9.17, 15) is 17.6 Å². The molecule has 110 valence electrons. The molecule has 0 radical (unpaired) electrons. The van der Waals surface area contributed by atoms with Gasteiger partial charge in [0.1, 0.15) is 12.8 Å². The summed E-state index contributed by atoms with van der Waals surface area (Å²) in [4.78, 5) is 0. The molecule has 0 aromatic heterocycles. The molecule has 1 N–H and O–H groups in total. The molecule has 0 saturated heterocycles. The fourth-order valence-corrected chi connectivity index (χ4v) is 1.56. The number of halogens is 4. The third-order valence-electron chi connectivity index (χ3n) is 2.52. The number of rotatable bonds is 11. The van der Waals surface area contributed by atoms with Gasteiger partial charge in [0.15, 0.2) is 0 Å². The summed E-state index contributed by atoms with van der Waals surface area (Å²) in [5.41, 5.74) is 0. The summed E-state index contributed by atoms with van der Waals surface area (Å²) in [6.07, 6.45) is -0.0319. The molecule has 0 aliphatic heterocycles. The number of alkyl halides is 4. The Morgan fingerprint density at radius 2 is 1.50 bits per heavy atom. The number of unbranched alkanes of at least 4 members (excludes halogenated alkanes) is 5. The van der Waals surface area contributed by atoms with Crippen molar-refractivity contribution in [3.05, 3.63) is 0 Å². The molecule has 2 nitrogen and oxygen atoms in total. The van der Waals surface area contributed by atoms with Crippen LogP contribution in [0.2, 0.25) is 0 Å². The second kappa shape index (κ2) is 10.6. The smallest absolute Gasteiger partial charge is 0.393 e. The lowest BCUT2D eigenvalue weighted by Gasteiger charge is -2.07. The van der Waals surface area contributed by atoms with Crippen LogP contribution in [0.3, 0.4) is 0 Å². The second-order valence-electron chi connectivity index (χ2n) is 4.36. The molecule has 6 heteroatoms.